The Morgan fingerprint density at radius 3 is 2.87 bits per heavy atom. The molecule has 86 valence electrons. The molecule has 4 nitrogen and oxygen atoms in total. The van der Waals surface area contributed by atoms with Crippen LogP contribution in [-0.4, -0.2) is 19.0 Å². The summed E-state index contributed by atoms with van der Waals surface area (Å²) in [6.45, 7) is 3.40. The highest BCUT2D eigenvalue weighted by atomic mass is 16.1. The number of unbranched alkanes of at least 4 members (excludes halogenated alkanes) is 1. The number of nitriles is 1. The van der Waals surface area contributed by atoms with Gasteiger partial charge in [-0.3, -0.25) is 4.79 Å². The molecule has 4 heteroatoms. The van der Waals surface area contributed by atoms with E-state index in [1.54, 1.807) is 0 Å². The number of hydrogen-bond donors (Lipinski definition) is 2. The number of hydrogen-bond acceptors (Lipinski definition) is 3. The Balaban J connectivity index is 3.37. The molecule has 0 fully saturated rings. The average Bonchev–Trinajstić information content (AvgIpc) is 2.22. The summed E-state index contributed by atoms with van der Waals surface area (Å²) in [5.74, 6) is 0.594. The van der Waals surface area contributed by atoms with Crippen LogP contribution in [0.2, 0.25) is 0 Å². The number of amides is 1. The minimum atomic E-state index is 0.0804. The first-order valence-electron chi connectivity index (χ1n) is 5.54. The largest absolute Gasteiger partial charge is 0.356 e. The van der Waals surface area contributed by atoms with Crippen molar-refractivity contribution in [1.29, 1.82) is 5.26 Å². The molecule has 0 saturated heterocycles. The molecule has 15 heavy (non-hydrogen) atoms. The van der Waals surface area contributed by atoms with Gasteiger partial charge < -0.3 is 11.1 Å². The lowest BCUT2D eigenvalue weighted by Crippen LogP contribution is -2.24. The SMILES string of the molecule is CC(CCN)CCC(=O)NCCCC#N. The summed E-state index contributed by atoms with van der Waals surface area (Å²) in [7, 11) is 0. The van der Waals surface area contributed by atoms with E-state index in [0.717, 1.165) is 19.3 Å². The lowest BCUT2D eigenvalue weighted by Gasteiger charge is -2.09. The molecule has 0 aliphatic rings. The Morgan fingerprint density at radius 2 is 2.27 bits per heavy atom. The van der Waals surface area contributed by atoms with E-state index in [-0.39, 0.29) is 5.91 Å². The molecule has 0 radical (unpaired) electrons. The Morgan fingerprint density at radius 1 is 1.53 bits per heavy atom. The van der Waals surface area contributed by atoms with Crippen LogP contribution in [0.5, 0.6) is 0 Å². The van der Waals surface area contributed by atoms with Gasteiger partial charge in [0.15, 0.2) is 0 Å². The van der Waals surface area contributed by atoms with Crippen molar-refractivity contribution in [3.05, 3.63) is 0 Å². The van der Waals surface area contributed by atoms with Crippen LogP contribution in [0.15, 0.2) is 0 Å². The molecule has 0 aromatic carbocycles. The summed E-state index contributed by atoms with van der Waals surface area (Å²) >= 11 is 0. The van der Waals surface area contributed by atoms with E-state index in [1.807, 2.05) is 6.07 Å². The topological polar surface area (TPSA) is 78.9 Å². The lowest BCUT2D eigenvalue weighted by molar-refractivity contribution is -0.121. The van der Waals surface area contributed by atoms with Gasteiger partial charge in [0.25, 0.3) is 0 Å². The van der Waals surface area contributed by atoms with E-state index >= 15 is 0 Å². The molecular weight excluding hydrogens is 190 g/mol. The summed E-state index contributed by atoms with van der Waals surface area (Å²) in [5.41, 5.74) is 5.42. The molecule has 0 aliphatic carbocycles. The molecule has 1 atom stereocenters. The Labute approximate surface area is 91.8 Å². The summed E-state index contributed by atoms with van der Waals surface area (Å²) < 4.78 is 0. The van der Waals surface area contributed by atoms with E-state index in [2.05, 4.69) is 12.2 Å². The van der Waals surface area contributed by atoms with Crippen molar-refractivity contribution in [3.8, 4) is 6.07 Å². The Bertz CT molecular complexity index is 210. The first kappa shape index (κ1) is 13.9. The number of carbonyl (C=O) groups is 1. The summed E-state index contributed by atoms with van der Waals surface area (Å²) in [5, 5.41) is 11.1. The van der Waals surface area contributed by atoms with Gasteiger partial charge in [-0.2, -0.15) is 5.26 Å². The molecule has 0 spiro atoms. The van der Waals surface area contributed by atoms with Crippen LogP contribution in [0.4, 0.5) is 0 Å². The number of rotatable bonds is 8. The van der Waals surface area contributed by atoms with Crippen LogP contribution in [0.1, 0.15) is 39.0 Å². The van der Waals surface area contributed by atoms with Gasteiger partial charge in [0, 0.05) is 19.4 Å². The third-order valence-corrected chi connectivity index (χ3v) is 2.31. The number of nitrogens with one attached hydrogen (secondary N) is 1. The minimum absolute atomic E-state index is 0.0804. The molecule has 3 N–H and O–H groups in total. The highest BCUT2D eigenvalue weighted by molar-refractivity contribution is 5.75. The summed E-state index contributed by atoms with van der Waals surface area (Å²) in [4.78, 5) is 11.3. The van der Waals surface area contributed by atoms with Crippen LogP contribution in [0.25, 0.3) is 0 Å². The zero-order valence-electron chi connectivity index (χ0n) is 9.46. The Hall–Kier alpha value is -1.08. The number of nitrogens with two attached hydrogens (primary N) is 1. The van der Waals surface area contributed by atoms with Gasteiger partial charge in [0.2, 0.25) is 5.91 Å². The monoisotopic (exact) mass is 211 g/mol. The maximum atomic E-state index is 11.3. The number of carbonyl (C=O) groups excluding carboxylic acids is 1. The van der Waals surface area contributed by atoms with Crippen molar-refractivity contribution >= 4 is 5.91 Å². The normalized spacial score (nSPS) is 11.8. The smallest absolute Gasteiger partial charge is 0.220 e. The predicted octanol–water partition coefficient (Wildman–Crippen LogP) is 1.17. The molecule has 0 saturated carbocycles. The molecule has 0 aromatic rings. The predicted molar refractivity (Wildman–Crippen MR) is 59.9 cm³/mol. The van der Waals surface area contributed by atoms with Crippen LogP contribution >= 0.6 is 0 Å². The van der Waals surface area contributed by atoms with Crippen LogP contribution in [0.3, 0.4) is 0 Å². The standard InChI is InChI=1S/C11H21N3O/c1-10(6-8-13)4-5-11(15)14-9-3-2-7-12/h10H,2-6,8-9,13H2,1H3,(H,14,15). The zero-order valence-corrected chi connectivity index (χ0v) is 9.46. The summed E-state index contributed by atoms with van der Waals surface area (Å²) in [6.07, 6.45) is 3.67. The average molecular weight is 211 g/mol. The van der Waals surface area contributed by atoms with Crippen molar-refractivity contribution in [3.63, 3.8) is 0 Å². The zero-order chi connectivity index (χ0) is 11.5. The molecule has 0 heterocycles. The third kappa shape index (κ3) is 9.23. The first-order chi connectivity index (χ1) is 7.20. The van der Waals surface area contributed by atoms with E-state index < -0.39 is 0 Å². The van der Waals surface area contributed by atoms with E-state index in [1.165, 1.54) is 0 Å². The number of nitrogens with zero attached hydrogens (tertiary/aromatic N) is 1. The van der Waals surface area contributed by atoms with Crippen LogP contribution < -0.4 is 11.1 Å². The van der Waals surface area contributed by atoms with Crippen molar-refractivity contribution in [2.24, 2.45) is 11.7 Å². The minimum Gasteiger partial charge on any atom is -0.356 e. The fourth-order valence-electron chi connectivity index (χ4n) is 1.29. The van der Waals surface area contributed by atoms with Gasteiger partial charge in [-0.15, -0.1) is 0 Å². The van der Waals surface area contributed by atoms with E-state index in [4.69, 9.17) is 11.0 Å². The van der Waals surface area contributed by atoms with Crippen molar-refractivity contribution in [2.75, 3.05) is 13.1 Å². The quantitative estimate of drug-likeness (QED) is 0.591. The second-order valence-corrected chi connectivity index (χ2v) is 3.83. The van der Waals surface area contributed by atoms with Crippen LogP contribution in [-0.2, 0) is 4.79 Å². The highest BCUT2D eigenvalue weighted by Gasteiger charge is 2.05. The van der Waals surface area contributed by atoms with E-state index in [9.17, 15) is 4.79 Å². The van der Waals surface area contributed by atoms with Gasteiger partial charge in [-0.05, 0) is 31.7 Å². The molecule has 0 bridgehead atoms. The van der Waals surface area contributed by atoms with Crippen molar-refractivity contribution in [1.82, 2.24) is 5.32 Å². The third-order valence-electron chi connectivity index (χ3n) is 2.31. The molecule has 0 aliphatic heterocycles. The van der Waals surface area contributed by atoms with Gasteiger partial charge >= 0.3 is 0 Å². The second-order valence-electron chi connectivity index (χ2n) is 3.83. The van der Waals surface area contributed by atoms with Crippen LogP contribution in [0, 0.1) is 17.2 Å². The molecule has 1 unspecified atom stereocenters. The summed E-state index contributed by atoms with van der Waals surface area (Å²) in [6, 6.07) is 2.04. The molecule has 0 rings (SSSR count). The lowest BCUT2D eigenvalue weighted by atomic mass is 10.0. The van der Waals surface area contributed by atoms with Crippen molar-refractivity contribution in [2.45, 2.75) is 39.0 Å². The fourth-order valence-corrected chi connectivity index (χ4v) is 1.29. The Kier molecular flexibility index (Phi) is 8.79. The second kappa shape index (κ2) is 9.47. The highest BCUT2D eigenvalue weighted by Crippen LogP contribution is 2.08. The fraction of sp³-hybridized carbons (Fsp3) is 0.818. The first-order valence-corrected chi connectivity index (χ1v) is 5.54. The molecule has 0 aromatic heterocycles. The van der Waals surface area contributed by atoms with Crippen molar-refractivity contribution < 1.29 is 4.79 Å². The maximum Gasteiger partial charge on any atom is 0.220 e. The van der Waals surface area contributed by atoms with Gasteiger partial charge in [-0.25, -0.2) is 0 Å². The maximum absolute atomic E-state index is 11.3. The van der Waals surface area contributed by atoms with Gasteiger partial charge in [-0.1, -0.05) is 6.92 Å². The molecule has 1 amide bonds. The van der Waals surface area contributed by atoms with Gasteiger partial charge in [0.05, 0.1) is 6.07 Å². The van der Waals surface area contributed by atoms with E-state index in [0.29, 0.717) is 31.8 Å². The van der Waals surface area contributed by atoms with Gasteiger partial charge in [0.1, 0.15) is 0 Å². The molecular formula is C11H21N3O.